The number of aliphatic hydroxyl groups is 1. The molecular weight excluding hydrogens is 555 g/mol. The van der Waals surface area contributed by atoms with Crippen LogP contribution in [0.1, 0.15) is 55.0 Å². The number of pyridine rings is 3. The van der Waals surface area contributed by atoms with Crippen LogP contribution in [0.4, 0.5) is 15.8 Å². The Bertz CT molecular complexity index is 1690. The van der Waals surface area contributed by atoms with Crippen LogP contribution in [-0.4, -0.2) is 63.4 Å². The van der Waals surface area contributed by atoms with Gasteiger partial charge in [0.05, 0.1) is 23.1 Å². The summed E-state index contributed by atoms with van der Waals surface area (Å²) in [5.41, 5.74) is 5.22. The summed E-state index contributed by atoms with van der Waals surface area (Å²) in [4.78, 5) is 29.7. The molecule has 0 bridgehead atoms. The zero-order valence-electron chi connectivity index (χ0n) is 25.4. The standard InChI is InChI=1S/C35H41FN6O2/c1-24-14-25(8-11-38-24)18-41(30-5-3-12-39(22-30)29-4-2-10-37-17-29)20-27-21-42(28-6-7-28)33-16-34(32(36)15-31(33)35(27)44)40-13-9-26(19-40)23-43/h2,4,8,10-11,14-17,21,26,28,30,43H,3,5-7,9,12-13,18-20,22-23H2,1H3/t26-,30-/m0/s1. The molecule has 3 fully saturated rings. The average Bonchev–Trinajstić information content (AvgIpc) is 3.78. The van der Waals surface area contributed by atoms with E-state index in [9.17, 15) is 9.90 Å². The van der Waals surface area contributed by atoms with Crippen molar-refractivity contribution in [3.8, 4) is 0 Å². The molecule has 1 N–H and O–H groups in total. The second-order valence-electron chi connectivity index (χ2n) is 12.9. The van der Waals surface area contributed by atoms with Gasteiger partial charge in [0, 0.05) is 99.1 Å². The Hall–Kier alpha value is -3.82. The molecule has 9 heteroatoms. The molecule has 5 heterocycles. The normalized spacial score (nSPS) is 20.6. The van der Waals surface area contributed by atoms with Crippen LogP contribution in [-0.2, 0) is 13.1 Å². The highest BCUT2D eigenvalue weighted by Gasteiger charge is 2.31. The Balaban J connectivity index is 1.25. The van der Waals surface area contributed by atoms with Crippen molar-refractivity contribution >= 4 is 22.3 Å². The van der Waals surface area contributed by atoms with Gasteiger partial charge in [0.2, 0.25) is 0 Å². The number of aryl methyl sites for hydroxylation is 1. The number of anilines is 2. The topological polar surface area (TPSA) is 77.7 Å². The van der Waals surface area contributed by atoms with Crippen LogP contribution < -0.4 is 15.2 Å². The minimum Gasteiger partial charge on any atom is -0.396 e. The number of hydrogen-bond acceptors (Lipinski definition) is 7. The lowest BCUT2D eigenvalue weighted by Crippen LogP contribution is -2.48. The summed E-state index contributed by atoms with van der Waals surface area (Å²) in [6.45, 7) is 6.47. The molecule has 3 aliphatic rings. The van der Waals surface area contributed by atoms with Crippen molar-refractivity contribution in [2.24, 2.45) is 5.92 Å². The molecule has 8 nitrogen and oxygen atoms in total. The van der Waals surface area contributed by atoms with Gasteiger partial charge in [-0.25, -0.2) is 4.39 Å². The minimum atomic E-state index is -0.365. The molecule has 2 atom stereocenters. The fraction of sp³-hybridized carbons (Fsp3) is 0.457. The van der Waals surface area contributed by atoms with Crippen LogP contribution in [0.25, 0.3) is 10.9 Å². The number of aliphatic hydroxyl groups excluding tert-OH is 1. The number of benzene rings is 1. The molecule has 44 heavy (non-hydrogen) atoms. The van der Waals surface area contributed by atoms with E-state index in [1.807, 2.05) is 36.4 Å². The summed E-state index contributed by atoms with van der Waals surface area (Å²) < 4.78 is 17.9. The average molecular weight is 597 g/mol. The molecule has 4 aromatic rings. The highest BCUT2D eigenvalue weighted by molar-refractivity contribution is 5.84. The van der Waals surface area contributed by atoms with E-state index >= 15 is 4.39 Å². The van der Waals surface area contributed by atoms with Crippen molar-refractivity contribution in [2.45, 2.75) is 64.2 Å². The molecule has 1 aromatic carbocycles. The lowest BCUT2D eigenvalue weighted by molar-refractivity contribution is 0.158. The SMILES string of the molecule is Cc1cc(CN(Cc2cn(C3CC3)c3cc(N4CC[C@H](CO)C4)c(F)cc3c2=O)[C@H]2CCCN(c3cccnc3)C2)ccn1. The molecule has 230 valence electrons. The second kappa shape index (κ2) is 12.3. The molecule has 7 rings (SSSR count). The molecule has 1 aliphatic carbocycles. The van der Waals surface area contributed by atoms with Crippen LogP contribution in [0.2, 0.25) is 0 Å². The van der Waals surface area contributed by atoms with E-state index < -0.39 is 0 Å². The van der Waals surface area contributed by atoms with E-state index in [4.69, 9.17) is 0 Å². The number of piperidine rings is 1. The van der Waals surface area contributed by atoms with Gasteiger partial charge in [0.25, 0.3) is 0 Å². The van der Waals surface area contributed by atoms with E-state index in [1.165, 1.54) is 11.6 Å². The summed E-state index contributed by atoms with van der Waals surface area (Å²) in [5, 5.41) is 10.1. The zero-order chi connectivity index (χ0) is 30.2. The number of nitrogens with zero attached hydrogens (tertiary/aromatic N) is 6. The van der Waals surface area contributed by atoms with Crippen LogP contribution in [0, 0.1) is 18.7 Å². The first kappa shape index (κ1) is 28.9. The molecular formula is C35H41FN6O2. The summed E-state index contributed by atoms with van der Waals surface area (Å²) >= 11 is 0. The third-order valence-corrected chi connectivity index (χ3v) is 9.64. The van der Waals surface area contributed by atoms with Crippen molar-refractivity contribution < 1.29 is 9.50 Å². The van der Waals surface area contributed by atoms with E-state index in [1.54, 1.807) is 6.20 Å². The first-order chi connectivity index (χ1) is 21.5. The van der Waals surface area contributed by atoms with Gasteiger partial charge in [-0.3, -0.25) is 19.7 Å². The molecule has 2 saturated heterocycles. The minimum absolute atomic E-state index is 0.0900. The number of fused-ring (bicyclic) bond motifs is 1. The number of aromatic nitrogens is 3. The van der Waals surface area contributed by atoms with E-state index in [0.29, 0.717) is 48.9 Å². The maximum atomic E-state index is 15.7. The predicted molar refractivity (Wildman–Crippen MR) is 172 cm³/mol. The Morgan fingerprint density at radius 3 is 2.66 bits per heavy atom. The molecule has 0 amide bonds. The fourth-order valence-electron chi connectivity index (χ4n) is 7.12. The Kier molecular flexibility index (Phi) is 8.08. The van der Waals surface area contributed by atoms with Gasteiger partial charge in [-0.1, -0.05) is 0 Å². The van der Waals surface area contributed by atoms with Gasteiger partial charge in [-0.2, -0.15) is 0 Å². The second-order valence-corrected chi connectivity index (χ2v) is 12.9. The van der Waals surface area contributed by atoms with Crippen molar-refractivity contribution in [3.05, 3.63) is 94.0 Å². The third kappa shape index (κ3) is 5.95. The molecule has 0 spiro atoms. The smallest absolute Gasteiger partial charge is 0.193 e. The van der Waals surface area contributed by atoms with Crippen LogP contribution in [0.3, 0.4) is 0 Å². The van der Waals surface area contributed by atoms with Crippen LogP contribution in [0.5, 0.6) is 0 Å². The number of hydrogen-bond donors (Lipinski definition) is 1. The maximum absolute atomic E-state index is 15.7. The van der Waals surface area contributed by atoms with Crippen molar-refractivity contribution in [1.82, 2.24) is 19.4 Å². The third-order valence-electron chi connectivity index (χ3n) is 9.64. The molecule has 0 radical (unpaired) electrons. The van der Waals surface area contributed by atoms with Gasteiger partial charge < -0.3 is 19.5 Å². The lowest BCUT2D eigenvalue weighted by Gasteiger charge is -2.40. The Morgan fingerprint density at radius 2 is 1.91 bits per heavy atom. The summed E-state index contributed by atoms with van der Waals surface area (Å²) in [5.74, 6) is -0.210. The zero-order valence-corrected chi connectivity index (χ0v) is 25.4. The van der Waals surface area contributed by atoms with Crippen LogP contribution in [0.15, 0.2) is 66.0 Å². The first-order valence-corrected chi connectivity index (χ1v) is 16.0. The van der Waals surface area contributed by atoms with Crippen molar-refractivity contribution in [2.75, 3.05) is 42.6 Å². The lowest BCUT2D eigenvalue weighted by atomic mass is 10.0. The molecule has 1 saturated carbocycles. The first-order valence-electron chi connectivity index (χ1n) is 16.0. The highest BCUT2D eigenvalue weighted by atomic mass is 19.1. The fourth-order valence-corrected chi connectivity index (χ4v) is 7.12. The Morgan fingerprint density at radius 1 is 1.02 bits per heavy atom. The monoisotopic (exact) mass is 596 g/mol. The van der Waals surface area contributed by atoms with Gasteiger partial charge in [-0.15, -0.1) is 0 Å². The largest absolute Gasteiger partial charge is 0.396 e. The van der Waals surface area contributed by atoms with E-state index in [-0.39, 0.29) is 29.8 Å². The van der Waals surface area contributed by atoms with Crippen molar-refractivity contribution in [3.63, 3.8) is 0 Å². The van der Waals surface area contributed by atoms with E-state index in [2.05, 4.69) is 48.7 Å². The van der Waals surface area contributed by atoms with Gasteiger partial charge >= 0.3 is 0 Å². The van der Waals surface area contributed by atoms with Gasteiger partial charge in [-0.05, 0) is 81.0 Å². The van der Waals surface area contributed by atoms with Crippen LogP contribution >= 0.6 is 0 Å². The maximum Gasteiger partial charge on any atom is 0.193 e. The summed E-state index contributed by atoms with van der Waals surface area (Å²) in [7, 11) is 0. The van der Waals surface area contributed by atoms with E-state index in [0.717, 1.165) is 62.1 Å². The summed E-state index contributed by atoms with van der Waals surface area (Å²) in [6, 6.07) is 12.2. The van der Waals surface area contributed by atoms with Crippen molar-refractivity contribution in [1.29, 1.82) is 0 Å². The quantitative estimate of drug-likeness (QED) is 0.289. The molecule has 3 aromatic heterocycles. The molecule has 2 aliphatic heterocycles. The predicted octanol–water partition coefficient (Wildman–Crippen LogP) is 5.06. The van der Waals surface area contributed by atoms with Gasteiger partial charge in [0.1, 0.15) is 5.82 Å². The number of rotatable bonds is 9. The molecule has 0 unspecified atom stereocenters. The van der Waals surface area contributed by atoms with Gasteiger partial charge in [0.15, 0.2) is 5.43 Å². The number of halogens is 1. The Labute approximate surface area is 257 Å². The highest BCUT2D eigenvalue weighted by Crippen LogP contribution is 2.39. The summed E-state index contributed by atoms with van der Waals surface area (Å²) in [6.07, 6.45) is 12.7.